The lowest BCUT2D eigenvalue weighted by Crippen LogP contribution is -2.05. The van der Waals surface area contributed by atoms with Crippen molar-refractivity contribution in [1.29, 1.82) is 0 Å². The standard InChI is InChI=1S/C12H24O2S/c1-11(2)7-5-8-12(3)9-6-10-15(4,13)14/h7,12H,5-6,8-10H2,1-4H3/t12-/m1/s1. The summed E-state index contributed by atoms with van der Waals surface area (Å²) in [6.07, 6.45) is 7.64. The van der Waals surface area contributed by atoms with E-state index in [1.54, 1.807) is 0 Å². The molecule has 0 fully saturated rings. The average molecular weight is 232 g/mol. The topological polar surface area (TPSA) is 34.1 Å². The molecule has 0 heterocycles. The molecule has 90 valence electrons. The van der Waals surface area contributed by atoms with Gasteiger partial charge in [-0.3, -0.25) is 0 Å². The zero-order valence-corrected chi connectivity index (χ0v) is 11.2. The smallest absolute Gasteiger partial charge is 0.147 e. The molecule has 0 aromatic carbocycles. The minimum Gasteiger partial charge on any atom is -0.229 e. The lowest BCUT2D eigenvalue weighted by atomic mass is 10.00. The summed E-state index contributed by atoms with van der Waals surface area (Å²) >= 11 is 0. The van der Waals surface area contributed by atoms with Gasteiger partial charge in [0, 0.05) is 12.0 Å². The van der Waals surface area contributed by atoms with Crippen molar-refractivity contribution in [2.75, 3.05) is 12.0 Å². The highest BCUT2D eigenvalue weighted by molar-refractivity contribution is 7.90. The molecule has 0 radical (unpaired) electrons. The first-order chi connectivity index (χ1) is 6.81. The molecule has 2 nitrogen and oxygen atoms in total. The van der Waals surface area contributed by atoms with Gasteiger partial charge in [0.15, 0.2) is 0 Å². The molecule has 0 saturated carbocycles. The quantitative estimate of drug-likeness (QED) is 0.632. The fourth-order valence-electron chi connectivity index (χ4n) is 1.49. The van der Waals surface area contributed by atoms with Crippen LogP contribution in [0.3, 0.4) is 0 Å². The van der Waals surface area contributed by atoms with Gasteiger partial charge in [0.25, 0.3) is 0 Å². The molecule has 3 heteroatoms. The van der Waals surface area contributed by atoms with Crippen LogP contribution in [0.15, 0.2) is 11.6 Å². The van der Waals surface area contributed by atoms with E-state index in [9.17, 15) is 8.42 Å². The van der Waals surface area contributed by atoms with E-state index >= 15 is 0 Å². The van der Waals surface area contributed by atoms with E-state index in [1.807, 2.05) is 0 Å². The van der Waals surface area contributed by atoms with Gasteiger partial charge >= 0.3 is 0 Å². The van der Waals surface area contributed by atoms with E-state index < -0.39 is 9.84 Å². The van der Waals surface area contributed by atoms with E-state index in [-0.39, 0.29) is 0 Å². The fraction of sp³-hybridized carbons (Fsp3) is 0.833. The second-order valence-corrected chi connectivity index (χ2v) is 7.00. The molecular weight excluding hydrogens is 208 g/mol. The summed E-state index contributed by atoms with van der Waals surface area (Å²) in [5.74, 6) is 0.960. The number of allylic oxidation sites excluding steroid dienone is 2. The molecule has 0 aromatic rings. The van der Waals surface area contributed by atoms with Gasteiger partial charge in [0.2, 0.25) is 0 Å². The van der Waals surface area contributed by atoms with Crippen molar-refractivity contribution in [3.05, 3.63) is 11.6 Å². The van der Waals surface area contributed by atoms with Crippen molar-refractivity contribution in [2.24, 2.45) is 5.92 Å². The number of sulfone groups is 1. The van der Waals surface area contributed by atoms with Crippen LogP contribution in [0, 0.1) is 5.92 Å². The Hall–Kier alpha value is -0.310. The Kier molecular flexibility index (Phi) is 6.90. The molecule has 0 aliphatic heterocycles. The third kappa shape index (κ3) is 11.6. The summed E-state index contributed by atoms with van der Waals surface area (Å²) in [6, 6.07) is 0. The summed E-state index contributed by atoms with van der Waals surface area (Å²) in [5.41, 5.74) is 1.36. The molecule has 0 spiro atoms. The predicted molar refractivity (Wildman–Crippen MR) is 66.8 cm³/mol. The number of hydrogen-bond acceptors (Lipinski definition) is 2. The van der Waals surface area contributed by atoms with E-state index in [4.69, 9.17) is 0 Å². The molecular formula is C12H24O2S. The fourth-order valence-corrected chi connectivity index (χ4v) is 2.19. The average Bonchev–Trinajstić information content (AvgIpc) is 2.00. The highest BCUT2D eigenvalue weighted by Crippen LogP contribution is 2.14. The van der Waals surface area contributed by atoms with Crippen molar-refractivity contribution in [2.45, 2.75) is 46.5 Å². The third-order valence-electron chi connectivity index (χ3n) is 2.42. The molecule has 0 amide bonds. The van der Waals surface area contributed by atoms with Crippen molar-refractivity contribution >= 4 is 9.84 Å². The van der Waals surface area contributed by atoms with Gasteiger partial charge in [-0.2, -0.15) is 0 Å². The highest BCUT2D eigenvalue weighted by Gasteiger charge is 2.05. The summed E-state index contributed by atoms with van der Waals surface area (Å²) in [5, 5.41) is 0. The molecule has 0 aromatic heterocycles. The monoisotopic (exact) mass is 232 g/mol. The molecule has 0 rings (SSSR count). The second kappa shape index (κ2) is 7.04. The van der Waals surface area contributed by atoms with Gasteiger partial charge in [0.1, 0.15) is 9.84 Å². The summed E-state index contributed by atoms with van der Waals surface area (Å²) in [7, 11) is -2.77. The SMILES string of the molecule is CC(C)=CCC[C@@H](C)CCCS(C)(=O)=O. The number of rotatable bonds is 7. The first-order valence-corrected chi connectivity index (χ1v) is 7.68. The summed E-state index contributed by atoms with van der Waals surface area (Å²) in [4.78, 5) is 0. The van der Waals surface area contributed by atoms with Gasteiger partial charge in [-0.1, -0.05) is 18.6 Å². The summed E-state index contributed by atoms with van der Waals surface area (Å²) < 4.78 is 21.8. The Morgan fingerprint density at radius 3 is 2.33 bits per heavy atom. The van der Waals surface area contributed by atoms with Gasteiger partial charge in [-0.25, -0.2) is 8.42 Å². The van der Waals surface area contributed by atoms with Crippen LogP contribution in [-0.2, 0) is 9.84 Å². The first-order valence-electron chi connectivity index (χ1n) is 5.62. The molecule has 0 saturated heterocycles. The Morgan fingerprint density at radius 2 is 1.87 bits per heavy atom. The van der Waals surface area contributed by atoms with Crippen LogP contribution in [0.25, 0.3) is 0 Å². The minimum absolute atomic E-state index is 0.333. The molecule has 0 unspecified atom stereocenters. The van der Waals surface area contributed by atoms with Gasteiger partial charge in [-0.05, 0) is 45.4 Å². The molecule has 0 N–H and O–H groups in total. The lowest BCUT2D eigenvalue weighted by Gasteiger charge is -2.09. The maximum atomic E-state index is 10.9. The Balaban J connectivity index is 3.58. The van der Waals surface area contributed by atoms with Crippen LogP contribution in [0.2, 0.25) is 0 Å². The van der Waals surface area contributed by atoms with E-state index in [0.717, 1.165) is 25.7 Å². The van der Waals surface area contributed by atoms with Crippen molar-refractivity contribution in [3.8, 4) is 0 Å². The zero-order valence-electron chi connectivity index (χ0n) is 10.4. The van der Waals surface area contributed by atoms with Crippen molar-refractivity contribution in [1.82, 2.24) is 0 Å². The van der Waals surface area contributed by atoms with E-state index in [0.29, 0.717) is 11.7 Å². The van der Waals surface area contributed by atoms with Crippen molar-refractivity contribution < 1.29 is 8.42 Å². The molecule has 1 atom stereocenters. The van der Waals surface area contributed by atoms with E-state index in [2.05, 4.69) is 26.8 Å². The zero-order chi connectivity index (χ0) is 11.9. The Labute approximate surface area is 94.7 Å². The predicted octanol–water partition coefficient (Wildman–Crippen LogP) is 3.19. The van der Waals surface area contributed by atoms with Crippen LogP contribution in [-0.4, -0.2) is 20.4 Å². The van der Waals surface area contributed by atoms with Gasteiger partial charge in [-0.15, -0.1) is 0 Å². The lowest BCUT2D eigenvalue weighted by molar-refractivity contribution is 0.488. The van der Waals surface area contributed by atoms with Crippen LogP contribution in [0.4, 0.5) is 0 Å². The molecule has 0 aliphatic carbocycles. The Morgan fingerprint density at radius 1 is 1.27 bits per heavy atom. The normalized spacial score (nSPS) is 13.6. The summed E-state index contributed by atoms with van der Waals surface area (Å²) in [6.45, 7) is 6.41. The second-order valence-electron chi connectivity index (χ2n) is 4.74. The molecule has 0 aliphatic rings. The maximum absolute atomic E-state index is 10.9. The Bertz CT molecular complexity index is 285. The number of hydrogen-bond donors (Lipinski definition) is 0. The highest BCUT2D eigenvalue weighted by atomic mass is 32.2. The van der Waals surface area contributed by atoms with Crippen molar-refractivity contribution in [3.63, 3.8) is 0 Å². The maximum Gasteiger partial charge on any atom is 0.147 e. The molecule has 15 heavy (non-hydrogen) atoms. The van der Waals surface area contributed by atoms with Crippen LogP contribution >= 0.6 is 0 Å². The third-order valence-corrected chi connectivity index (χ3v) is 3.45. The van der Waals surface area contributed by atoms with Crippen LogP contribution in [0.5, 0.6) is 0 Å². The van der Waals surface area contributed by atoms with Crippen LogP contribution in [0.1, 0.15) is 46.5 Å². The van der Waals surface area contributed by atoms with Gasteiger partial charge in [0.05, 0.1) is 0 Å². The molecule has 0 bridgehead atoms. The minimum atomic E-state index is -2.77. The van der Waals surface area contributed by atoms with Gasteiger partial charge < -0.3 is 0 Å². The largest absolute Gasteiger partial charge is 0.229 e. The van der Waals surface area contributed by atoms with E-state index in [1.165, 1.54) is 11.8 Å². The van der Waals surface area contributed by atoms with Crippen LogP contribution < -0.4 is 0 Å². The first kappa shape index (κ1) is 14.7.